The Labute approximate surface area is 105 Å². The summed E-state index contributed by atoms with van der Waals surface area (Å²) in [4.78, 5) is 15.6. The third-order valence-electron chi connectivity index (χ3n) is 2.51. The Hall–Kier alpha value is -1.88. The van der Waals surface area contributed by atoms with Gasteiger partial charge in [-0.3, -0.25) is 9.20 Å². The number of pyridine rings is 1. The van der Waals surface area contributed by atoms with Gasteiger partial charge in [-0.2, -0.15) is 0 Å². The van der Waals surface area contributed by atoms with Gasteiger partial charge in [0.2, 0.25) is 0 Å². The molecule has 3 heterocycles. The molecular weight excluding hydrogens is 284 g/mol. The van der Waals surface area contributed by atoms with Gasteiger partial charge < -0.3 is 4.42 Å². The number of aromatic nitrogens is 2. The summed E-state index contributed by atoms with van der Waals surface area (Å²) < 4.78 is 7.85. The van der Waals surface area contributed by atoms with Crippen LogP contribution in [-0.2, 0) is 0 Å². The minimum Gasteiger partial charge on any atom is -0.463 e. The SMILES string of the molecule is O=Cc1c(-c2ccco2)nc2c(Br)cccn12. The van der Waals surface area contributed by atoms with Gasteiger partial charge in [-0.05, 0) is 40.2 Å². The summed E-state index contributed by atoms with van der Waals surface area (Å²) in [5.41, 5.74) is 1.73. The number of fused-ring (bicyclic) bond motifs is 1. The van der Waals surface area contributed by atoms with Gasteiger partial charge in [-0.15, -0.1) is 0 Å². The van der Waals surface area contributed by atoms with E-state index in [4.69, 9.17) is 4.42 Å². The quantitative estimate of drug-likeness (QED) is 0.681. The van der Waals surface area contributed by atoms with Crippen molar-refractivity contribution in [3.63, 3.8) is 0 Å². The zero-order chi connectivity index (χ0) is 11.8. The van der Waals surface area contributed by atoms with Crippen LogP contribution in [0.5, 0.6) is 0 Å². The first-order valence-electron chi connectivity index (χ1n) is 4.97. The first-order chi connectivity index (χ1) is 8.31. The van der Waals surface area contributed by atoms with Gasteiger partial charge in [-0.1, -0.05) is 0 Å². The summed E-state index contributed by atoms with van der Waals surface area (Å²) in [5.74, 6) is 0.586. The molecule has 0 spiro atoms. The van der Waals surface area contributed by atoms with Crippen LogP contribution >= 0.6 is 15.9 Å². The molecule has 0 aliphatic heterocycles. The van der Waals surface area contributed by atoms with Crippen molar-refractivity contribution in [3.8, 4) is 11.5 Å². The van der Waals surface area contributed by atoms with Crippen LogP contribution in [0.4, 0.5) is 0 Å². The van der Waals surface area contributed by atoms with Crippen molar-refractivity contribution >= 4 is 27.9 Å². The number of carbonyl (C=O) groups excluding carboxylic acids is 1. The largest absolute Gasteiger partial charge is 0.463 e. The van der Waals surface area contributed by atoms with E-state index in [1.807, 2.05) is 12.1 Å². The smallest absolute Gasteiger partial charge is 0.169 e. The molecule has 3 aromatic heterocycles. The topological polar surface area (TPSA) is 47.5 Å². The highest BCUT2D eigenvalue weighted by molar-refractivity contribution is 9.10. The van der Waals surface area contributed by atoms with E-state index in [2.05, 4.69) is 20.9 Å². The van der Waals surface area contributed by atoms with Crippen LogP contribution in [-0.4, -0.2) is 15.7 Å². The highest BCUT2D eigenvalue weighted by Gasteiger charge is 2.16. The van der Waals surface area contributed by atoms with Crippen LogP contribution < -0.4 is 0 Å². The first-order valence-corrected chi connectivity index (χ1v) is 5.76. The number of aldehydes is 1. The lowest BCUT2D eigenvalue weighted by Crippen LogP contribution is -1.91. The molecule has 3 aromatic rings. The van der Waals surface area contributed by atoms with E-state index in [-0.39, 0.29) is 0 Å². The fourth-order valence-corrected chi connectivity index (χ4v) is 2.19. The Balaban J connectivity index is 2.40. The van der Waals surface area contributed by atoms with Crippen LogP contribution in [0.1, 0.15) is 10.5 Å². The van der Waals surface area contributed by atoms with E-state index in [1.54, 1.807) is 29.0 Å². The number of carbonyl (C=O) groups is 1. The Kier molecular flexibility index (Phi) is 2.33. The number of rotatable bonds is 2. The van der Waals surface area contributed by atoms with E-state index >= 15 is 0 Å². The maximum atomic E-state index is 11.2. The number of hydrogen-bond donors (Lipinski definition) is 0. The third-order valence-corrected chi connectivity index (χ3v) is 3.12. The highest BCUT2D eigenvalue weighted by Crippen LogP contribution is 2.26. The fourth-order valence-electron chi connectivity index (χ4n) is 1.76. The van der Waals surface area contributed by atoms with Gasteiger partial charge in [-0.25, -0.2) is 4.98 Å². The molecule has 0 saturated heterocycles. The molecule has 0 amide bonds. The monoisotopic (exact) mass is 290 g/mol. The molecule has 0 aromatic carbocycles. The van der Waals surface area contributed by atoms with Crippen LogP contribution in [0, 0.1) is 0 Å². The Morgan fingerprint density at radius 1 is 1.35 bits per heavy atom. The Morgan fingerprint density at radius 2 is 2.24 bits per heavy atom. The summed E-state index contributed by atoms with van der Waals surface area (Å²) in [6.45, 7) is 0. The maximum Gasteiger partial charge on any atom is 0.169 e. The van der Waals surface area contributed by atoms with Crippen molar-refractivity contribution in [2.24, 2.45) is 0 Å². The van der Waals surface area contributed by atoms with E-state index in [0.717, 1.165) is 10.8 Å². The first kappa shape index (κ1) is 10.3. The Bertz CT molecular complexity index is 686. The number of furan rings is 1. The molecule has 0 radical (unpaired) electrons. The minimum atomic E-state index is 0.483. The lowest BCUT2D eigenvalue weighted by atomic mass is 10.3. The lowest BCUT2D eigenvalue weighted by Gasteiger charge is -1.96. The summed E-state index contributed by atoms with van der Waals surface area (Å²) in [6.07, 6.45) is 4.14. The number of imidazole rings is 1. The molecule has 84 valence electrons. The Morgan fingerprint density at radius 3 is 2.94 bits per heavy atom. The fraction of sp³-hybridized carbons (Fsp3) is 0. The molecular formula is C12H7BrN2O2. The number of halogens is 1. The molecule has 0 N–H and O–H groups in total. The van der Waals surface area contributed by atoms with Crippen molar-refractivity contribution in [3.05, 3.63) is 46.9 Å². The molecule has 3 rings (SSSR count). The zero-order valence-electron chi connectivity index (χ0n) is 8.63. The second kappa shape index (κ2) is 3.85. The predicted molar refractivity (Wildman–Crippen MR) is 66.0 cm³/mol. The standard InChI is InChI=1S/C12H7BrN2O2/c13-8-3-1-5-15-9(7-16)11(14-12(8)15)10-4-2-6-17-10/h1-7H. The van der Waals surface area contributed by atoms with Gasteiger partial charge >= 0.3 is 0 Å². The van der Waals surface area contributed by atoms with Crippen LogP contribution in [0.15, 0.2) is 45.6 Å². The highest BCUT2D eigenvalue weighted by atomic mass is 79.9. The predicted octanol–water partition coefficient (Wildman–Crippen LogP) is 3.17. The molecule has 17 heavy (non-hydrogen) atoms. The van der Waals surface area contributed by atoms with Gasteiger partial charge in [0.25, 0.3) is 0 Å². The molecule has 0 unspecified atom stereocenters. The average molecular weight is 291 g/mol. The van der Waals surface area contributed by atoms with Gasteiger partial charge in [0.1, 0.15) is 11.4 Å². The van der Waals surface area contributed by atoms with E-state index in [0.29, 0.717) is 22.8 Å². The second-order valence-electron chi connectivity index (χ2n) is 3.49. The van der Waals surface area contributed by atoms with Crippen LogP contribution in [0.3, 0.4) is 0 Å². The van der Waals surface area contributed by atoms with Crippen LogP contribution in [0.25, 0.3) is 17.1 Å². The second-order valence-corrected chi connectivity index (χ2v) is 4.34. The number of hydrogen-bond acceptors (Lipinski definition) is 3. The van der Waals surface area contributed by atoms with Crippen molar-refractivity contribution in [1.82, 2.24) is 9.38 Å². The summed E-state index contributed by atoms with van der Waals surface area (Å²) in [5, 5.41) is 0. The van der Waals surface area contributed by atoms with E-state index in [9.17, 15) is 4.79 Å². The molecule has 0 atom stereocenters. The van der Waals surface area contributed by atoms with Gasteiger partial charge in [0.15, 0.2) is 17.7 Å². The number of nitrogens with zero attached hydrogens (tertiary/aromatic N) is 2. The maximum absolute atomic E-state index is 11.2. The summed E-state index contributed by atoms with van der Waals surface area (Å²) >= 11 is 3.41. The minimum absolute atomic E-state index is 0.483. The zero-order valence-corrected chi connectivity index (χ0v) is 10.2. The van der Waals surface area contributed by atoms with Crippen molar-refractivity contribution in [2.45, 2.75) is 0 Å². The van der Waals surface area contributed by atoms with Gasteiger partial charge in [0.05, 0.1) is 10.7 Å². The van der Waals surface area contributed by atoms with E-state index in [1.165, 1.54) is 0 Å². The molecule has 0 bridgehead atoms. The van der Waals surface area contributed by atoms with Crippen LogP contribution in [0.2, 0.25) is 0 Å². The van der Waals surface area contributed by atoms with Crippen molar-refractivity contribution < 1.29 is 9.21 Å². The molecule has 0 aliphatic rings. The third kappa shape index (κ3) is 1.51. The molecule has 5 heteroatoms. The lowest BCUT2D eigenvalue weighted by molar-refractivity contribution is 0.111. The van der Waals surface area contributed by atoms with Crippen molar-refractivity contribution in [2.75, 3.05) is 0 Å². The molecule has 4 nitrogen and oxygen atoms in total. The summed E-state index contributed by atoms with van der Waals surface area (Å²) in [6, 6.07) is 7.27. The normalized spacial score (nSPS) is 10.9. The van der Waals surface area contributed by atoms with Gasteiger partial charge in [0, 0.05) is 6.20 Å². The molecule has 0 aliphatic carbocycles. The molecule has 0 fully saturated rings. The summed E-state index contributed by atoms with van der Waals surface area (Å²) in [7, 11) is 0. The van der Waals surface area contributed by atoms with Crippen molar-refractivity contribution in [1.29, 1.82) is 0 Å². The van der Waals surface area contributed by atoms with E-state index < -0.39 is 0 Å². The average Bonchev–Trinajstić information content (AvgIpc) is 2.95. The molecule has 0 saturated carbocycles.